The van der Waals surface area contributed by atoms with E-state index in [9.17, 15) is 4.39 Å². The molecule has 0 aliphatic rings. The lowest BCUT2D eigenvalue weighted by atomic mass is 10.1. The number of hydrogen-bond acceptors (Lipinski definition) is 3. The first-order valence-electron chi connectivity index (χ1n) is 5.19. The molecule has 3 aromatic rings. The maximum atomic E-state index is 13.7. The first-order valence-corrected chi connectivity index (χ1v) is 5.57. The van der Waals surface area contributed by atoms with Crippen LogP contribution in [0.15, 0.2) is 36.8 Å². The Bertz CT molecular complexity index is 738. The molecule has 1 aromatic carbocycles. The van der Waals surface area contributed by atoms with Gasteiger partial charge in [-0.25, -0.2) is 14.4 Å². The van der Waals surface area contributed by atoms with E-state index in [0.29, 0.717) is 27.7 Å². The molecule has 0 bridgehead atoms. The van der Waals surface area contributed by atoms with Crippen molar-refractivity contribution in [3.63, 3.8) is 0 Å². The molecule has 2 heterocycles. The van der Waals surface area contributed by atoms with Gasteiger partial charge in [0.2, 0.25) is 5.78 Å². The van der Waals surface area contributed by atoms with Gasteiger partial charge in [0.1, 0.15) is 5.82 Å². The van der Waals surface area contributed by atoms with Crippen molar-refractivity contribution >= 4 is 23.1 Å². The number of imidazole rings is 1. The van der Waals surface area contributed by atoms with Crippen LogP contribution in [-0.2, 0) is 0 Å². The number of halogens is 2. The van der Waals surface area contributed by atoms with Crippen LogP contribution in [0.4, 0.5) is 10.1 Å². The van der Waals surface area contributed by atoms with Gasteiger partial charge in [-0.3, -0.25) is 4.40 Å². The van der Waals surface area contributed by atoms with Gasteiger partial charge in [-0.1, -0.05) is 11.6 Å². The van der Waals surface area contributed by atoms with Crippen molar-refractivity contribution in [1.82, 2.24) is 14.4 Å². The second-order valence-electron chi connectivity index (χ2n) is 3.84. The van der Waals surface area contributed by atoms with Crippen LogP contribution in [-0.4, -0.2) is 14.4 Å². The third kappa shape index (κ3) is 1.78. The lowest BCUT2D eigenvalue weighted by molar-refractivity contribution is 0.631. The van der Waals surface area contributed by atoms with E-state index < -0.39 is 0 Å². The van der Waals surface area contributed by atoms with E-state index in [1.54, 1.807) is 22.9 Å². The lowest BCUT2D eigenvalue weighted by Crippen LogP contribution is -1.89. The number of nitrogens with zero attached hydrogens (tertiary/aromatic N) is 3. The van der Waals surface area contributed by atoms with Crippen molar-refractivity contribution in [1.29, 1.82) is 0 Å². The van der Waals surface area contributed by atoms with Gasteiger partial charge in [0.15, 0.2) is 0 Å². The zero-order valence-corrected chi connectivity index (χ0v) is 9.89. The number of rotatable bonds is 1. The van der Waals surface area contributed by atoms with Gasteiger partial charge in [0.25, 0.3) is 0 Å². The number of nitrogen functional groups attached to an aromatic ring is 1. The number of anilines is 1. The molecule has 3 rings (SSSR count). The van der Waals surface area contributed by atoms with Gasteiger partial charge in [0.05, 0.1) is 16.9 Å². The minimum Gasteiger partial charge on any atom is -0.399 e. The average Bonchev–Trinajstić information content (AvgIpc) is 2.74. The summed E-state index contributed by atoms with van der Waals surface area (Å²) in [5, 5.41) is 0.486. The highest BCUT2D eigenvalue weighted by Gasteiger charge is 2.10. The Kier molecular flexibility index (Phi) is 2.41. The molecule has 0 aliphatic carbocycles. The predicted molar refractivity (Wildman–Crippen MR) is 67.8 cm³/mol. The number of benzene rings is 1. The van der Waals surface area contributed by atoms with Gasteiger partial charge in [-0.05, 0) is 18.2 Å². The van der Waals surface area contributed by atoms with Crippen molar-refractivity contribution in [3.05, 3.63) is 47.6 Å². The fraction of sp³-hybridized carbons (Fsp3) is 0. The van der Waals surface area contributed by atoms with Crippen molar-refractivity contribution in [2.24, 2.45) is 0 Å². The quantitative estimate of drug-likeness (QED) is 0.686. The van der Waals surface area contributed by atoms with Gasteiger partial charge in [-0.2, -0.15) is 0 Å². The molecule has 18 heavy (non-hydrogen) atoms. The molecular weight excluding hydrogens is 255 g/mol. The van der Waals surface area contributed by atoms with Crippen molar-refractivity contribution in [2.45, 2.75) is 0 Å². The summed E-state index contributed by atoms with van der Waals surface area (Å²) >= 11 is 5.83. The number of hydrogen-bond donors (Lipinski definition) is 1. The standard InChI is InChI=1S/C12H8ClFN4/c13-7-4-16-12-17-11(6-18(12)5-7)9-3-8(15)1-2-10(9)14/h1-6H,15H2. The SMILES string of the molecule is Nc1ccc(F)c(-c2cn3cc(Cl)cnc3n2)c1. The van der Waals surface area contributed by atoms with Crippen LogP contribution in [0.25, 0.3) is 17.0 Å². The van der Waals surface area contributed by atoms with E-state index in [-0.39, 0.29) is 5.82 Å². The fourth-order valence-corrected chi connectivity index (χ4v) is 1.88. The van der Waals surface area contributed by atoms with E-state index >= 15 is 0 Å². The van der Waals surface area contributed by atoms with Crippen LogP contribution in [0, 0.1) is 5.82 Å². The maximum absolute atomic E-state index is 13.7. The summed E-state index contributed by atoms with van der Waals surface area (Å²) in [6.07, 6.45) is 4.81. The van der Waals surface area contributed by atoms with Crippen LogP contribution < -0.4 is 5.73 Å². The molecule has 0 unspecified atom stereocenters. The van der Waals surface area contributed by atoms with Crippen molar-refractivity contribution in [3.8, 4) is 11.3 Å². The molecule has 90 valence electrons. The first-order chi connectivity index (χ1) is 8.63. The molecule has 0 amide bonds. The van der Waals surface area contributed by atoms with E-state index in [2.05, 4.69) is 9.97 Å². The van der Waals surface area contributed by atoms with Crippen molar-refractivity contribution in [2.75, 3.05) is 5.73 Å². The zero-order chi connectivity index (χ0) is 12.7. The Labute approximate surface area is 107 Å². The van der Waals surface area contributed by atoms with Gasteiger partial charge < -0.3 is 5.73 Å². The van der Waals surface area contributed by atoms with Crippen LogP contribution in [0.5, 0.6) is 0 Å². The van der Waals surface area contributed by atoms with Crippen LogP contribution in [0.3, 0.4) is 0 Å². The second-order valence-corrected chi connectivity index (χ2v) is 4.28. The molecule has 0 saturated heterocycles. The molecule has 0 spiro atoms. The zero-order valence-electron chi connectivity index (χ0n) is 9.14. The Morgan fingerprint density at radius 3 is 2.94 bits per heavy atom. The highest BCUT2D eigenvalue weighted by molar-refractivity contribution is 6.30. The normalized spacial score (nSPS) is 11.0. The predicted octanol–water partition coefficient (Wildman–Crippen LogP) is 2.77. The molecule has 0 atom stereocenters. The Morgan fingerprint density at radius 1 is 1.28 bits per heavy atom. The van der Waals surface area contributed by atoms with E-state index in [4.69, 9.17) is 17.3 Å². The van der Waals surface area contributed by atoms with Gasteiger partial charge in [0, 0.05) is 23.6 Å². The Morgan fingerprint density at radius 2 is 2.11 bits per heavy atom. The number of nitrogens with two attached hydrogens (primary N) is 1. The molecular formula is C12H8ClFN4. The fourth-order valence-electron chi connectivity index (χ4n) is 1.73. The topological polar surface area (TPSA) is 56.2 Å². The van der Waals surface area contributed by atoms with E-state index in [0.717, 1.165) is 0 Å². The minimum absolute atomic E-state index is 0.344. The summed E-state index contributed by atoms with van der Waals surface area (Å²) in [4.78, 5) is 8.27. The summed E-state index contributed by atoms with van der Waals surface area (Å²) in [6.45, 7) is 0. The second kappa shape index (κ2) is 3.96. The van der Waals surface area contributed by atoms with Gasteiger partial charge >= 0.3 is 0 Å². The lowest BCUT2D eigenvalue weighted by Gasteiger charge is -2.00. The molecule has 0 aliphatic heterocycles. The molecule has 4 nitrogen and oxygen atoms in total. The monoisotopic (exact) mass is 262 g/mol. The van der Waals surface area contributed by atoms with Crippen molar-refractivity contribution < 1.29 is 4.39 Å². The third-order valence-corrected chi connectivity index (χ3v) is 2.74. The highest BCUT2D eigenvalue weighted by atomic mass is 35.5. The first kappa shape index (κ1) is 11.0. The maximum Gasteiger partial charge on any atom is 0.234 e. The summed E-state index contributed by atoms with van der Waals surface area (Å²) in [5.74, 6) is 0.0786. The summed E-state index contributed by atoms with van der Waals surface area (Å²) in [6, 6.07) is 4.36. The highest BCUT2D eigenvalue weighted by Crippen LogP contribution is 2.24. The number of aromatic nitrogens is 3. The van der Waals surface area contributed by atoms with Crippen LogP contribution >= 0.6 is 11.6 Å². The summed E-state index contributed by atoms with van der Waals surface area (Å²) in [5.41, 5.74) is 6.94. The van der Waals surface area contributed by atoms with E-state index in [1.807, 2.05) is 0 Å². The average molecular weight is 263 g/mol. The molecule has 0 fully saturated rings. The third-order valence-electron chi connectivity index (χ3n) is 2.54. The minimum atomic E-state index is -0.376. The molecule has 0 radical (unpaired) electrons. The largest absolute Gasteiger partial charge is 0.399 e. The number of fused-ring (bicyclic) bond motifs is 1. The van der Waals surface area contributed by atoms with E-state index in [1.165, 1.54) is 18.3 Å². The molecule has 6 heteroatoms. The Balaban J connectivity index is 2.22. The molecule has 2 N–H and O–H groups in total. The molecule has 0 saturated carbocycles. The smallest absolute Gasteiger partial charge is 0.234 e. The van der Waals surface area contributed by atoms with Crippen LogP contribution in [0.1, 0.15) is 0 Å². The molecule has 2 aromatic heterocycles. The van der Waals surface area contributed by atoms with Gasteiger partial charge in [-0.15, -0.1) is 0 Å². The van der Waals surface area contributed by atoms with Crippen LogP contribution in [0.2, 0.25) is 5.02 Å². The summed E-state index contributed by atoms with van der Waals surface area (Å²) < 4.78 is 15.4. The summed E-state index contributed by atoms with van der Waals surface area (Å²) in [7, 11) is 0. The Hall–Kier alpha value is -2.14.